The summed E-state index contributed by atoms with van der Waals surface area (Å²) in [6.45, 7) is 2.22. The largest absolute Gasteiger partial charge is 0.322 e. The van der Waals surface area contributed by atoms with E-state index in [2.05, 4.69) is 17.0 Å². The molecule has 0 atom stereocenters. The highest BCUT2D eigenvalue weighted by Crippen LogP contribution is 2.23. The number of amides is 1. The molecule has 0 aliphatic heterocycles. The van der Waals surface area contributed by atoms with Crippen molar-refractivity contribution in [1.29, 1.82) is 0 Å². The van der Waals surface area contributed by atoms with Gasteiger partial charge in [0.25, 0.3) is 5.91 Å². The smallest absolute Gasteiger partial charge is 0.257 e. The van der Waals surface area contributed by atoms with Gasteiger partial charge in [-0.3, -0.25) is 9.52 Å². The molecule has 0 spiro atoms. The summed E-state index contributed by atoms with van der Waals surface area (Å²) in [5.74, 6) is 0.739. The van der Waals surface area contributed by atoms with Crippen LogP contribution >= 0.6 is 11.8 Å². The van der Waals surface area contributed by atoms with E-state index in [0.717, 1.165) is 12.0 Å². The predicted molar refractivity (Wildman–Crippen MR) is 119 cm³/mol. The van der Waals surface area contributed by atoms with Gasteiger partial charge >= 0.3 is 0 Å². The van der Waals surface area contributed by atoms with E-state index in [4.69, 9.17) is 0 Å². The van der Waals surface area contributed by atoms with Gasteiger partial charge in [-0.25, -0.2) is 8.42 Å². The number of unbranched alkanes of at least 4 members (excludes halogenated alkanes) is 4. The lowest BCUT2D eigenvalue weighted by Gasteiger charge is -2.11. The third-order valence-electron chi connectivity index (χ3n) is 4.10. The predicted octanol–water partition coefficient (Wildman–Crippen LogP) is 5.37. The lowest BCUT2D eigenvalue weighted by atomic mass is 10.1. The van der Waals surface area contributed by atoms with Gasteiger partial charge < -0.3 is 5.32 Å². The van der Waals surface area contributed by atoms with Crippen LogP contribution in [0.4, 0.5) is 11.4 Å². The van der Waals surface area contributed by atoms with Gasteiger partial charge in [-0.15, -0.1) is 11.8 Å². The summed E-state index contributed by atoms with van der Waals surface area (Å²) in [6, 6.07) is 14.2. The number of anilines is 2. The number of thioether (sulfide) groups is 1. The topological polar surface area (TPSA) is 75.3 Å². The zero-order valence-electron chi connectivity index (χ0n) is 16.4. The molecule has 0 aliphatic rings. The van der Waals surface area contributed by atoms with Gasteiger partial charge in [0.15, 0.2) is 0 Å². The molecule has 0 heterocycles. The highest BCUT2D eigenvalue weighted by Gasteiger charge is 2.13. The molecule has 2 aromatic carbocycles. The Hall–Kier alpha value is -1.99. The van der Waals surface area contributed by atoms with Crippen LogP contribution in [0.25, 0.3) is 0 Å². The van der Waals surface area contributed by atoms with E-state index in [1.165, 1.54) is 37.0 Å². The van der Waals surface area contributed by atoms with Crippen LogP contribution in [0.5, 0.6) is 0 Å². The summed E-state index contributed by atoms with van der Waals surface area (Å²) in [5, 5.41) is 2.82. The Kier molecular flexibility index (Phi) is 8.86. The number of rotatable bonds is 11. The van der Waals surface area contributed by atoms with E-state index >= 15 is 0 Å². The van der Waals surface area contributed by atoms with Crippen molar-refractivity contribution in [3.63, 3.8) is 0 Å². The molecule has 0 saturated carbocycles. The second-order valence-electron chi connectivity index (χ2n) is 6.66. The molecular weight excluding hydrogens is 392 g/mol. The zero-order valence-corrected chi connectivity index (χ0v) is 18.0. The van der Waals surface area contributed by atoms with E-state index in [9.17, 15) is 13.2 Å². The van der Waals surface area contributed by atoms with Gasteiger partial charge in [-0.1, -0.05) is 44.7 Å². The summed E-state index contributed by atoms with van der Waals surface area (Å²) in [5.41, 5.74) is 1.21. The van der Waals surface area contributed by atoms with Gasteiger partial charge in [0, 0.05) is 10.6 Å². The van der Waals surface area contributed by atoms with E-state index in [1.807, 2.05) is 36.0 Å². The number of hydrogen-bond acceptors (Lipinski definition) is 4. The van der Waals surface area contributed by atoms with Crippen LogP contribution in [0.1, 0.15) is 49.4 Å². The minimum absolute atomic E-state index is 0.262. The number of para-hydroxylation sites is 1. The average Bonchev–Trinajstić information content (AvgIpc) is 2.65. The van der Waals surface area contributed by atoms with Crippen molar-refractivity contribution in [2.75, 3.05) is 22.0 Å². The Bertz CT molecular complexity index is 865. The van der Waals surface area contributed by atoms with Crippen LogP contribution in [0.15, 0.2) is 53.4 Å². The Morgan fingerprint density at radius 3 is 2.32 bits per heavy atom. The van der Waals surface area contributed by atoms with Crippen molar-refractivity contribution in [3.8, 4) is 0 Å². The first-order valence-corrected chi connectivity index (χ1v) is 12.4. The SMILES string of the molecule is CCCCCCCSc1ccc(NC(=O)c2ccccc2NS(C)(=O)=O)cc1. The molecule has 2 aromatic rings. The third-order valence-corrected chi connectivity index (χ3v) is 5.78. The average molecular weight is 421 g/mol. The Labute approximate surface area is 172 Å². The maximum Gasteiger partial charge on any atom is 0.257 e. The highest BCUT2D eigenvalue weighted by atomic mass is 32.2. The van der Waals surface area contributed by atoms with Crippen LogP contribution in [0, 0.1) is 0 Å². The van der Waals surface area contributed by atoms with E-state index in [1.54, 1.807) is 24.3 Å². The second-order valence-corrected chi connectivity index (χ2v) is 9.58. The summed E-state index contributed by atoms with van der Waals surface area (Å²) in [4.78, 5) is 13.7. The lowest BCUT2D eigenvalue weighted by Crippen LogP contribution is -2.17. The molecule has 28 heavy (non-hydrogen) atoms. The molecule has 1 amide bonds. The first kappa shape index (κ1) is 22.3. The summed E-state index contributed by atoms with van der Waals surface area (Å²) < 4.78 is 25.3. The van der Waals surface area contributed by atoms with Crippen molar-refractivity contribution in [2.24, 2.45) is 0 Å². The van der Waals surface area contributed by atoms with Gasteiger partial charge in [-0.05, 0) is 48.6 Å². The molecule has 2 rings (SSSR count). The first-order valence-electron chi connectivity index (χ1n) is 9.50. The first-order chi connectivity index (χ1) is 13.4. The summed E-state index contributed by atoms with van der Waals surface area (Å²) in [7, 11) is -3.46. The number of benzene rings is 2. The highest BCUT2D eigenvalue weighted by molar-refractivity contribution is 7.99. The molecule has 5 nitrogen and oxygen atoms in total. The monoisotopic (exact) mass is 420 g/mol. The third kappa shape index (κ3) is 7.94. The molecule has 0 bridgehead atoms. The number of hydrogen-bond donors (Lipinski definition) is 2. The maximum absolute atomic E-state index is 12.6. The Balaban J connectivity index is 1.91. The quantitative estimate of drug-likeness (QED) is 0.378. The molecule has 0 radical (unpaired) electrons. The normalized spacial score (nSPS) is 11.2. The second kappa shape index (κ2) is 11.1. The van der Waals surface area contributed by atoms with Crippen molar-refractivity contribution >= 4 is 39.1 Å². The van der Waals surface area contributed by atoms with E-state index in [0.29, 0.717) is 5.69 Å². The molecule has 0 saturated heterocycles. The molecule has 0 aliphatic carbocycles. The number of sulfonamides is 1. The fourth-order valence-corrected chi connectivity index (χ4v) is 4.19. The minimum Gasteiger partial charge on any atom is -0.322 e. The van der Waals surface area contributed by atoms with Gasteiger partial charge in [0.05, 0.1) is 17.5 Å². The molecule has 7 heteroatoms. The van der Waals surface area contributed by atoms with Gasteiger partial charge in [-0.2, -0.15) is 0 Å². The Morgan fingerprint density at radius 1 is 0.964 bits per heavy atom. The van der Waals surface area contributed by atoms with Crippen molar-refractivity contribution in [1.82, 2.24) is 0 Å². The van der Waals surface area contributed by atoms with Crippen LogP contribution in [-0.2, 0) is 10.0 Å². The standard InChI is InChI=1S/C21H28N2O3S2/c1-3-4-5-6-9-16-27-18-14-12-17(13-15-18)22-21(24)19-10-7-8-11-20(19)23-28(2,25)26/h7-8,10-15,23H,3-6,9,16H2,1-2H3,(H,22,24). The lowest BCUT2D eigenvalue weighted by molar-refractivity contribution is 0.102. The van der Waals surface area contributed by atoms with Crippen LogP contribution in [0.3, 0.4) is 0 Å². The molecule has 0 unspecified atom stereocenters. The molecule has 2 N–H and O–H groups in total. The zero-order chi connectivity index (χ0) is 20.4. The Morgan fingerprint density at radius 2 is 1.64 bits per heavy atom. The van der Waals surface area contributed by atoms with Gasteiger partial charge in [0.1, 0.15) is 0 Å². The fourth-order valence-electron chi connectivity index (χ4n) is 2.70. The van der Waals surface area contributed by atoms with Crippen LogP contribution in [0.2, 0.25) is 0 Å². The minimum atomic E-state index is -3.46. The van der Waals surface area contributed by atoms with E-state index < -0.39 is 10.0 Å². The number of carbonyl (C=O) groups excluding carboxylic acids is 1. The number of carbonyl (C=O) groups is 1. The molecule has 0 aromatic heterocycles. The fraction of sp³-hybridized carbons (Fsp3) is 0.381. The maximum atomic E-state index is 12.6. The number of nitrogens with one attached hydrogen (secondary N) is 2. The van der Waals surface area contributed by atoms with Crippen molar-refractivity contribution in [3.05, 3.63) is 54.1 Å². The summed E-state index contributed by atoms with van der Waals surface area (Å²) >= 11 is 1.82. The molecule has 0 fully saturated rings. The van der Waals surface area contributed by atoms with Crippen LogP contribution in [-0.4, -0.2) is 26.3 Å². The van der Waals surface area contributed by atoms with Crippen molar-refractivity contribution in [2.45, 2.75) is 43.9 Å². The van der Waals surface area contributed by atoms with E-state index in [-0.39, 0.29) is 17.2 Å². The van der Waals surface area contributed by atoms with Crippen LogP contribution < -0.4 is 10.0 Å². The molecular formula is C21H28N2O3S2. The van der Waals surface area contributed by atoms with Crippen molar-refractivity contribution < 1.29 is 13.2 Å². The van der Waals surface area contributed by atoms with Gasteiger partial charge in [0.2, 0.25) is 10.0 Å². The summed E-state index contributed by atoms with van der Waals surface area (Å²) in [6.07, 6.45) is 7.42. The molecule has 152 valence electrons.